The third kappa shape index (κ3) is 5.32. The van der Waals surface area contributed by atoms with Crippen LogP contribution in [0.5, 0.6) is 0 Å². The van der Waals surface area contributed by atoms with Crippen LogP contribution in [0.4, 0.5) is 4.39 Å². The van der Waals surface area contributed by atoms with Gasteiger partial charge in [-0.15, -0.1) is 0 Å². The molecule has 2 saturated heterocycles. The molecule has 2 aromatic rings. The molecule has 4 rings (SSSR count). The van der Waals surface area contributed by atoms with Gasteiger partial charge in [-0.25, -0.2) is 4.39 Å². The zero-order valence-electron chi connectivity index (χ0n) is 17.7. The van der Waals surface area contributed by atoms with Crippen molar-refractivity contribution in [2.45, 2.75) is 37.5 Å². The van der Waals surface area contributed by atoms with Crippen molar-refractivity contribution in [3.05, 3.63) is 59.8 Å². The molecule has 2 aliphatic rings. The van der Waals surface area contributed by atoms with Gasteiger partial charge in [0, 0.05) is 32.7 Å². The average Bonchev–Trinajstić information content (AvgIpc) is 3.26. The van der Waals surface area contributed by atoms with Gasteiger partial charge in [-0.05, 0) is 49.7 Å². The molecule has 1 N–H and O–H groups in total. The fourth-order valence-electron chi connectivity index (χ4n) is 4.37. The van der Waals surface area contributed by atoms with Crippen LogP contribution in [-0.4, -0.2) is 66.5 Å². The Morgan fingerprint density at radius 3 is 2.61 bits per heavy atom. The molecule has 0 unspecified atom stereocenters. The predicted octanol–water partition coefficient (Wildman–Crippen LogP) is 1.97. The molecular formula is C23H28FN3O4. The number of piperidine rings is 1. The summed E-state index contributed by atoms with van der Waals surface area (Å²) in [5, 5.41) is 2.89. The minimum atomic E-state index is -0.579. The second kappa shape index (κ2) is 9.20. The molecule has 3 heterocycles. The van der Waals surface area contributed by atoms with E-state index in [9.17, 15) is 14.0 Å². The Balaban J connectivity index is 1.31. The number of hydrogen-bond donors (Lipinski definition) is 1. The summed E-state index contributed by atoms with van der Waals surface area (Å²) in [7, 11) is 1.99. The van der Waals surface area contributed by atoms with Gasteiger partial charge >= 0.3 is 0 Å². The molecule has 8 heteroatoms. The van der Waals surface area contributed by atoms with E-state index in [1.54, 1.807) is 30.5 Å². The van der Waals surface area contributed by atoms with E-state index in [0.717, 1.165) is 12.1 Å². The number of furan rings is 1. The van der Waals surface area contributed by atoms with Crippen molar-refractivity contribution in [2.24, 2.45) is 0 Å². The molecule has 2 fully saturated rings. The molecule has 7 nitrogen and oxygen atoms in total. The average molecular weight is 429 g/mol. The maximum atomic E-state index is 13.1. The summed E-state index contributed by atoms with van der Waals surface area (Å²) in [6.45, 7) is 2.76. The number of carbonyl (C=O) groups is 2. The Morgan fingerprint density at radius 2 is 1.94 bits per heavy atom. The number of rotatable bonds is 5. The summed E-state index contributed by atoms with van der Waals surface area (Å²) in [5.74, 6) is 0.231. The molecule has 1 atom stereocenters. The third-order valence-electron chi connectivity index (χ3n) is 6.03. The number of amides is 2. The van der Waals surface area contributed by atoms with Crippen LogP contribution in [-0.2, 0) is 27.3 Å². The van der Waals surface area contributed by atoms with Gasteiger partial charge in [0.05, 0.1) is 18.3 Å². The maximum Gasteiger partial charge on any atom is 0.250 e. The highest BCUT2D eigenvalue weighted by Crippen LogP contribution is 2.32. The molecule has 2 amide bonds. The normalized spacial score (nSPS) is 21.2. The molecule has 1 aromatic heterocycles. The summed E-state index contributed by atoms with van der Waals surface area (Å²) in [6.07, 6.45) is 2.62. The van der Waals surface area contributed by atoms with Crippen molar-refractivity contribution in [3.63, 3.8) is 0 Å². The fraction of sp³-hybridized carbons (Fsp3) is 0.478. The van der Waals surface area contributed by atoms with Gasteiger partial charge in [0.15, 0.2) is 0 Å². The van der Waals surface area contributed by atoms with Gasteiger partial charge < -0.3 is 24.3 Å². The lowest BCUT2D eigenvalue weighted by atomic mass is 9.88. The number of nitrogens with one attached hydrogen (secondary N) is 1. The van der Waals surface area contributed by atoms with Crippen LogP contribution >= 0.6 is 0 Å². The zero-order chi connectivity index (χ0) is 21.8. The van der Waals surface area contributed by atoms with E-state index in [2.05, 4.69) is 10.2 Å². The van der Waals surface area contributed by atoms with E-state index < -0.39 is 11.7 Å². The standard InChI is InChI=1S/C23H28FN3O4/c1-26-15-20(22(29)25-14-17-4-6-18(24)7-5-17)31-23(16-26)8-10-27(11-9-23)21(28)13-19-3-2-12-30-19/h2-7,12,20H,8-11,13-16H2,1H3,(H,25,29)/t20-/m1/s1. The largest absolute Gasteiger partial charge is 0.469 e. The number of morpholine rings is 1. The van der Waals surface area contributed by atoms with Crippen LogP contribution in [0.15, 0.2) is 47.1 Å². The topological polar surface area (TPSA) is 75.0 Å². The summed E-state index contributed by atoms with van der Waals surface area (Å²) < 4.78 is 24.6. The molecule has 0 radical (unpaired) electrons. The SMILES string of the molecule is CN1C[C@H](C(=O)NCc2ccc(F)cc2)OC2(CCN(C(=O)Cc3ccco3)CC2)C1. The molecular weight excluding hydrogens is 401 g/mol. The van der Waals surface area contributed by atoms with Gasteiger partial charge in [-0.2, -0.15) is 0 Å². The van der Waals surface area contributed by atoms with Crippen LogP contribution in [0.1, 0.15) is 24.2 Å². The van der Waals surface area contributed by atoms with E-state index in [-0.39, 0.29) is 24.1 Å². The summed E-state index contributed by atoms with van der Waals surface area (Å²) in [6, 6.07) is 9.64. The molecule has 0 bridgehead atoms. The number of ether oxygens (including phenoxy) is 1. The highest BCUT2D eigenvalue weighted by Gasteiger charge is 2.44. The van der Waals surface area contributed by atoms with Crippen LogP contribution in [0, 0.1) is 5.82 Å². The summed E-state index contributed by atoms with van der Waals surface area (Å²) >= 11 is 0. The third-order valence-corrected chi connectivity index (χ3v) is 6.03. The van der Waals surface area contributed by atoms with Gasteiger partial charge in [0.25, 0.3) is 5.91 Å². The van der Waals surface area contributed by atoms with E-state index >= 15 is 0 Å². The van der Waals surface area contributed by atoms with E-state index in [1.807, 2.05) is 11.9 Å². The van der Waals surface area contributed by atoms with E-state index in [1.165, 1.54) is 12.1 Å². The molecule has 166 valence electrons. The predicted molar refractivity (Wildman–Crippen MR) is 112 cm³/mol. The van der Waals surface area contributed by atoms with E-state index in [0.29, 0.717) is 44.8 Å². The monoisotopic (exact) mass is 429 g/mol. The Bertz CT molecular complexity index is 892. The Morgan fingerprint density at radius 1 is 1.19 bits per heavy atom. The minimum Gasteiger partial charge on any atom is -0.469 e. The molecule has 0 saturated carbocycles. The van der Waals surface area contributed by atoms with Crippen LogP contribution in [0.3, 0.4) is 0 Å². The summed E-state index contributed by atoms with van der Waals surface area (Å²) in [4.78, 5) is 29.2. The molecule has 31 heavy (non-hydrogen) atoms. The smallest absolute Gasteiger partial charge is 0.250 e. The first-order valence-corrected chi connectivity index (χ1v) is 10.6. The minimum absolute atomic E-state index is 0.0440. The second-order valence-corrected chi connectivity index (χ2v) is 8.47. The number of likely N-dealkylation sites (N-methyl/N-ethyl adjacent to an activating group) is 1. The quantitative estimate of drug-likeness (QED) is 0.787. The van der Waals surface area contributed by atoms with Gasteiger partial charge in [0.2, 0.25) is 5.91 Å². The lowest BCUT2D eigenvalue weighted by Gasteiger charge is -2.48. The molecule has 0 aliphatic carbocycles. The molecule has 2 aliphatic heterocycles. The van der Waals surface area contributed by atoms with E-state index in [4.69, 9.17) is 9.15 Å². The fourth-order valence-corrected chi connectivity index (χ4v) is 4.37. The highest BCUT2D eigenvalue weighted by atomic mass is 19.1. The van der Waals surface area contributed by atoms with Crippen LogP contribution in [0.25, 0.3) is 0 Å². The highest BCUT2D eigenvalue weighted by molar-refractivity contribution is 5.81. The van der Waals surface area contributed by atoms with Crippen LogP contribution in [0.2, 0.25) is 0 Å². The first kappa shape index (κ1) is 21.5. The lowest BCUT2D eigenvalue weighted by molar-refractivity contribution is -0.183. The second-order valence-electron chi connectivity index (χ2n) is 8.47. The van der Waals surface area contributed by atoms with Crippen LogP contribution < -0.4 is 5.32 Å². The molecule has 1 spiro atoms. The van der Waals surface area contributed by atoms with Crippen molar-refractivity contribution < 1.29 is 23.1 Å². The maximum absolute atomic E-state index is 13.1. The van der Waals surface area contributed by atoms with Crippen molar-refractivity contribution in [1.82, 2.24) is 15.1 Å². The first-order chi connectivity index (χ1) is 14.9. The zero-order valence-corrected chi connectivity index (χ0v) is 17.7. The summed E-state index contributed by atoms with van der Waals surface area (Å²) in [5.41, 5.74) is 0.392. The number of benzene rings is 1. The van der Waals surface area contributed by atoms with Crippen molar-refractivity contribution in [2.75, 3.05) is 33.2 Å². The number of likely N-dealkylation sites (tertiary alicyclic amines) is 1. The first-order valence-electron chi connectivity index (χ1n) is 10.6. The Hall–Kier alpha value is -2.71. The van der Waals surface area contributed by atoms with Gasteiger partial charge in [-0.1, -0.05) is 12.1 Å². The van der Waals surface area contributed by atoms with Crippen molar-refractivity contribution in [3.8, 4) is 0 Å². The number of hydrogen-bond acceptors (Lipinski definition) is 5. The van der Waals surface area contributed by atoms with Gasteiger partial charge in [0.1, 0.15) is 17.7 Å². The Kier molecular flexibility index (Phi) is 6.38. The van der Waals surface area contributed by atoms with Crippen molar-refractivity contribution >= 4 is 11.8 Å². The Labute approximate surface area is 181 Å². The number of carbonyl (C=O) groups excluding carboxylic acids is 2. The van der Waals surface area contributed by atoms with Crippen molar-refractivity contribution in [1.29, 1.82) is 0 Å². The number of halogens is 1. The van der Waals surface area contributed by atoms with Gasteiger partial charge in [-0.3, -0.25) is 9.59 Å². The number of nitrogens with zero attached hydrogens (tertiary/aromatic N) is 2. The lowest BCUT2D eigenvalue weighted by Crippen LogP contribution is -2.61. The molecule has 1 aromatic carbocycles.